The molecule has 0 aromatic heterocycles. The van der Waals surface area contributed by atoms with E-state index in [1.807, 2.05) is 0 Å². The van der Waals surface area contributed by atoms with Gasteiger partial charge in [-0.2, -0.15) is 0 Å². The van der Waals surface area contributed by atoms with Gasteiger partial charge in [0.2, 0.25) is 0 Å². The molecule has 0 aromatic carbocycles. The van der Waals surface area contributed by atoms with Gasteiger partial charge in [0.25, 0.3) is 0 Å². The lowest BCUT2D eigenvalue weighted by molar-refractivity contribution is -0.0180. The molecule has 1 heterocycles. The molecule has 13 heavy (non-hydrogen) atoms. The molecule has 0 spiro atoms. The maximum absolute atomic E-state index is 5.65. The largest absolute Gasteiger partial charge is 0.374 e. The summed E-state index contributed by atoms with van der Waals surface area (Å²) < 4.78 is 5.65. The lowest BCUT2D eigenvalue weighted by Gasteiger charge is -2.30. The van der Waals surface area contributed by atoms with Crippen molar-refractivity contribution in [2.45, 2.75) is 18.9 Å². The lowest BCUT2D eigenvalue weighted by Crippen LogP contribution is -2.45. The Morgan fingerprint density at radius 2 is 2.23 bits per heavy atom. The van der Waals surface area contributed by atoms with Gasteiger partial charge in [-0.25, -0.2) is 0 Å². The first-order valence-corrected chi connectivity index (χ1v) is 5.35. The molecule has 1 saturated heterocycles. The normalized spacial score (nSPS) is 30.7. The zero-order chi connectivity index (χ0) is 9.10. The standard InChI is InChI=1S/C10H20N2O/c1-12-4-5-13-10(8-12)7-11-6-9-2-3-9/h9-11H,2-8H2,1H3/t10-/m0/s1. The van der Waals surface area contributed by atoms with Crippen LogP contribution in [0, 0.1) is 5.92 Å². The molecule has 3 nitrogen and oxygen atoms in total. The Labute approximate surface area is 80.4 Å². The fourth-order valence-corrected chi connectivity index (χ4v) is 1.76. The van der Waals surface area contributed by atoms with Crippen molar-refractivity contribution in [1.82, 2.24) is 10.2 Å². The second kappa shape index (κ2) is 4.40. The van der Waals surface area contributed by atoms with E-state index < -0.39 is 0 Å². The molecule has 1 N–H and O–H groups in total. The lowest BCUT2D eigenvalue weighted by atomic mass is 10.3. The second-order valence-corrected chi connectivity index (χ2v) is 4.36. The van der Waals surface area contributed by atoms with Crippen LogP contribution >= 0.6 is 0 Å². The molecule has 0 radical (unpaired) electrons. The minimum absolute atomic E-state index is 0.414. The average molecular weight is 184 g/mol. The molecule has 0 bridgehead atoms. The van der Waals surface area contributed by atoms with Crippen LogP contribution in [-0.4, -0.2) is 50.8 Å². The van der Waals surface area contributed by atoms with Gasteiger partial charge >= 0.3 is 0 Å². The summed E-state index contributed by atoms with van der Waals surface area (Å²) in [5.41, 5.74) is 0. The number of hydrogen-bond acceptors (Lipinski definition) is 3. The summed E-state index contributed by atoms with van der Waals surface area (Å²) in [4.78, 5) is 2.34. The molecule has 1 saturated carbocycles. The average Bonchev–Trinajstić information content (AvgIpc) is 2.88. The minimum atomic E-state index is 0.414. The third-order valence-electron chi connectivity index (χ3n) is 2.84. The topological polar surface area (TPSA) is 24.5 Å². The van der Waals surface area contributed by atoms with Gasteiger partial charge in [0.05, 0.1) is 12.7 Å². The van der Waals surface area contributed by atoms with Crippen LogP contribution in [0.3, 0.4) is 0 Å². The molecular formula is C10H20N2O. The van der Waals surface area contributed by atoms with E-state index >= 15 is 0 Å². The van der Waals surface area contributed by atoms with E-state index in [-0.39, 0.29) is 0 Å². The summed E-state index contributed by atoms with van der Waals surface area (Å²) in [6.07, 6.45) is 3.27. The van der Waals surface area contributed by atoms with Gasteiger partial charge in [-0.3, -0.25) is 0 Å². The van der Waals surface area contributed by atoms with Crippen molar-refractivity contribution >= 4 is 0 Å². The van der Waals surface area contributed by atoms with Crippen molar-refractivity contribution in [3.05, 3.63) is 0 Å². The Kier molecular flexibility index (Phi) is 3.19. The molecule has 0 amide bonds. The predicted molar refractivity (Wildman–Crippen MR) is 52.8 cm³/mol. The molecule has 1 aliphatic carbocycles. The van der Waals surface area contributed by atoms with Crippen LogP contribution in [-0.2, 0) is 4.74 Å². The van der Waals surface area contributed by atoms with Gasteiger partial charge in [-0.05, 0) is 32.4 Å². The molecule has 1 atom stereocenters. The van der Waals surface area contributed by atoms with Gasteiger partial charge < -0.3 is 15.0 Å². The number of nitrogens with zero attached hydrogens (tertiary/aromatic N) is 1. The summed E-state index contributed by atoms with van der Waals surface area (Å²) in [6, 6.07) is 0. The Bertz CT molecular complexity index is 159. The Morgan fingerprint density at radius 1 is 1.38 bits per heavy atom. The highest BCUT2D eigenvalue weighted by Crippen LogP contribution is 2.27. The van der Waals surface area contributed by atoms with Crippen molar-refractivity contribution in [1.29, 1.82) is 0 Å². The Balaban J connectivity index is 1.56. The third-order valence-corrected chi connectivity index (χ3v) is 2.84. The summed E-state index contributed by atoms with van der Waals surface area (Å²) in [5, 5.41) is 3.49. The molecule has 1 aliphatic heterocycles. The van der Waals surface area contributed by atoms with E-state index in [4.69, 9.17) is 4.74 Å². The van der Waals surface area contributed by atoms with Crippen LogP contribution in [0.15, 0.2) is 0 Å². The van der Waals surface area contributed by atoms with Gasteiger partial charge in [-0.1, -0.05) is 0 Å². The number of nitrogens with one attached hydrogen (secondary N) is 1. The summed E-state index contributed by atoms with van der Waals surface area (Å²) >= 11 is 0. The number of likely N-dealkylation sites (N-methyl/N-ethyl adjacent to an activating group) is 1. The van der Waals surface area contributed by atoms with Gasteiger partial charge in [0.1, 0.15) is 0 Å². The van der Waals surface area contributed by atoms with Crippen molar-refractivity contribution in [2.75, 3.05) is 39.8 Å². The molecule has 0 aromatic rings. The smallest absolute Gasteiger partial charge is 0.0826 e. The number of hydrogen-bond donors (Lipinski definition) is 1. The van der Waals surface area contributed by atoms with E-state index in [1.165, 1.54) is 19.4 Å². The summed E-state index contributed by atoms with van der Waals surface area (Å²) in [5.74, 6) is 0.973. The monoisotopic (exact) mass is 184 g/mol. The molecular weight excluding hydrogens is 164 g/mol. The molecule has 0 unspecified atom stereocenters. The Hall–Kier alpha value is -0.120. The fraction of sp³-hybridized carbons (Fsp3) is 1.00. The van der Waals surface area contributed by atoms with Crippen LogP contribution < -0.4 is 5.32 Å². The zero-order valence-corrected chi connectivity index (χ0v) is 8.46. The first-order chi connectivity index (χ1) is 6.34. The molecule has 2 rings (SSSR count). The highest BCUT2D eigenvalue weighted by Gasteiger charge is 2.22. The van der Waals surface area contributed by atoms with Crippen molar-refractivity contribution in [3.8, 4) is 0 Å². The van der Waals surface area contributed by atoms with Gasteiger partial charge in [-0.15, -0.1) is 0 Å². The molecule has 3 heteroatoms. The first-order valence-electron chi connectivity index (χ1n) is 5.35. The SMILES string of the molecule is CN1CCO[C@@H](CNCC2CC2)C1. The van der Waals surface area contributed by atoms with Crippen LogP contribution in [0.5, 0.6) is 0 Å². The van der Waals surface area contributed by atoms with Crippen LogP contribution in [0.1, 0.15) is 12.8 Å². The number of rotatable bonds is 4. The van der Waals surface area contributed by atoms with Crippen molar-refractivity contribution in [2.24, 2.45) is 5.92 Å². The van der Waals surface area contributed by atoms with Crippen LogP contribution in [0.25, 0.3) is 0 Å². The highest BCUT2D eigenvalue weighted by molar-refractivity contribution is 4.77. The van der Waals surface area contributed by atoms with Gasteiger partial charge in [0, 0.05) is 19.6 Å². The van der Waals surface area contributed by atoms with E-state index in [2.05, 4.69) is 17.3 Å². The van der Waals surface area contributed by atoms with Crippen molar-refractivity contribution < 1.29 is 4.74 Å². The highest BCUT2D eigenvalue weighted by atomic mass is 16.5. The minimum Gasteiger partial charge on any atom is -0.374 e. The third kappa shape index (κ3) is 3.25. The zero-order valence-electron chi connectivity index (χ0n) is 8.46. The van der Waals surface area contributed by atoms with E-state index in [9.17, 15) is 0 Å². The predicted octanol–water partition coefficient (Wildman–Crippen LogP) is 0.317. The quantitative estimate of drug-likeness (QED) is 0.681. The summed E-state index contributed by atoms with van der Waals surface area (Å²) in [7, 11) is 2.16. The van der Waals surface area contributed by atoms with Crippen LogP contribution in [0.2, 0.25) is 0 Å². The fourth-order valence-electron chi connectivity index (χ4n) is 1.76. The molecule has 2 fully saturated rings. The first kappa shape index (κ1) is 9.44. The maximum atomic E-state index is 5.65. The summed E-state index contributed by atoms with van der Waals surface area (Å²) in [6.45, 7) is 5.29. The molecule has 76 valence electrons. The van der Waals surface area contributed by atoms with Crippen molar-refractivity contribution in [3.63, 3.8) is 0 Å². The van der Waals surface area contributed by atoms with E-state index in [1.54, 1.807) is 0 Å². The van der Waals surface area contributed by atoms with E-state index in [0.717, 1.165) is 32.2 Å². The number of morpholine rings is 1. The second-order valence-electron chi connectivity index (χ2n) is 4.36. The maximum Gasteiger partial charge on any atom is 0.0826 e. The van der Waals surface area contributed by atoms with Crippen LogP contribution in [0.4, 0.5) is 0 Å². The van der Waals surface area contributed by atoms with Gasteiger partial charge in [0.15, 0.2) is 0 Å². The molecule has 2 aliphatic rings. The Morgan fingerprint density at radius 3 is 2.92 bits per heavy atom. The number of ether oxygens (including phenoxy) is 1. The van der Waals surface area contributed by atoms with E-state index in [0.29, 0.717) is 6.10 Å².